The van der Waals surface area contributed by atoms with E-state index in [2.05, 4.69) is 0 Å². The first-order valence-electron chi connectivity index (χ1n) is 1.58. The zero-order valence-electron chi connectivity index (χ0n) is 3.66. The predicted molar refractivity (Wildman–Crippen MR) is 24.0 cm³/mol. The molecule has 0 amide bonds. The fraction of sp³-hybridized carbons (Fsp3) is 0. The van der Waals surface area contributed by atoms with Gasteiger partial charge in [-0.05, 0) is 0 Å². The van der Waals surface area contributed by atoms with Gasteiger partial charge < -0.3 is 15.0 Å². The van der Waals surface area contributed by atoms with E-state index in [4.69, 9.17) is 15.0 Å². The van der Waals surface area contributed by atoms with E-state index < -0.39 is 20.2 Å². The minimum absolute atomic E-state index is 1.65. The Bertz CT molecular complexity index is 106. The quantitative estimate of drug-likeness (QED) is 0.443. The Morgan fingerprint density at radius 2 is 1.38 bits per heavy atom. The van der Waals surface area contributed by atoms with Crippen LogP contribution in [0.3, 0.4) is 0 Å². The molecular formula is C2H3O5Si. The molecule has 0 aliphatic rings. The largest absolute Gasteiger partial charge is 0.483 e. The molecule has 0 bridgehead atoms. The van der Waals surface area contributed by atoms with Crippen LogP contribution in [0.2, 0.25) is 0 Å². The summed E-state index contributed by atoms with van der Waals surface area (Å²) >= 11 is 0. The van der Waals surface area contributed by atoms with E-state index in [0.717, 1.165) is 0 Å². The molecule has 0 heterocycles. The Labute approximate surface area is 45.9 Å². The summed E-state index contributed by atoms with van der Waals surface area (Å²) in [6.07, 6.45) is 0. The SMILES string of the molecule is O=C(O)[Si](O)C(=O)O. The molecule has 0 spiro atoms. The number of carboxylic acid groups (broad SMARTS) is 2. The van der Waals surface area contributed by atoms with Gasteiger partial charge in [-0.15, -0.1) is 0 Å². The predicted octanol–water partition coefficient (Wildman–Crippen LogP) is -0.510. The fourth-order valence-corrected chi connectivity index (χ4v) is 0.274. The summed E-state index contributed by atoms with van der Waals surface area (Å²) in [5.74, 6) is 0. The van der Waals surface area contributed by atoms with Gasteiger partial charge in [-0.25, -0.2) is 0 Å². The van der Waals surface area contributed by atoms with Crippen molar-refractivity contribution in [2.24, 2.45) is 0 Å². The summed E-state index contributed by atoms with van der Waals surface area (Å²) in [7, 11) is -3.19. The Morgan fingerprint density at radius 3 is 1.38 bits per heavy atom. The van der Waals surface area contributed by atoms with Crippen molar-refractivity contribution in [1.82, 2.24) is 0 Å². The normalized spacial score (nSPS) is 9.25. The average molecular weight is 135 g/mol. The lowest BCUT2D eigenvalue weighted by Gasteiger charge is -1.89. The second kappa shape index (κ2) is 2.43. The van der Waals surface area contributed by atoms with Crippen molar-refractivity contribution >= 4 is 20.2 Å². The van der Waals surface area contributed by atoms with Gasteiger partial charge in [0.05, 0.1) is 0 Å². The lowest BCUT2D eigenvalue weighted by molar-refractivity contribution is 0.204. The first-order valence-corrected chi connectivity index (χ1v) is 3.03. The highest BCUT2D eigenvalue weighted by Crippen LogP contribution is 1.79. The summed E-state index contributed by atoms with van der Waals surface area (Å²) in [6, 6.07) is 0. The monoisotopic (exact) mass is 135 g/mol. The van der Waals surface area contributed by atoms with Crippen LogP contribution in [0.15, 0.2) is 0 Å². The molecular weight excluding hydrogens is 132 g/mol. The Kier molecular flexibility index (Phi) is 2.16. The molecule has 0 aliphatic carbocycles. The van der Waals surface area contributed by atoms with Crippen molar-refractivity contribution in [2.45, 2.75) is 0 Å². The van der Waals surface area contributed by atoms with Crippen LogP contribution in [0.4, 0.5) is 9.59 Å². The van der Waals surface area contributed by atoms with Gasteiger partial charge in [0.25, 0.3) is 0 Å². The van der Waals surface area contributed by atoms with Gasteiger partial charge in [0, 0.05) is 0 Å². The second-order valence-corrected chi connectivity index (χ2v) is 2.51. The molecule has 0 aromatic rings. The van der Waals surface area contributed by atoms with E-state index in [1.165, 1.54) is 0 Å². The topological polar surface area (TPSA) is 94.8 Å². The molecule has 0 atom stereocenters. The van der Waals surface area contributed by atoms with Crippen molar-refractivity contribution in [3.8, 4) is 0 Å². The van der Waals surface area contributed by atoms with Crippen LogP contribution in [0.5, 0.6) is 0 Å². The van der Waals surface area contributed by atoms with Crippen molar-refractivity contribution in [1.29, 1.82) is 0 Å². The van der Waals surface area contributed by atoms with Gasteiger partial charge in [-0.2, -0.15) is 0 Å². The average Bonchev–Trinajstić information content (AvgIpc) is 1.64. The molecule has 0 aromatic carbocycles. The molecule has 0 unspecified atom stereocenters. The maximum Gasteiger partial charge on any atom is 0.476 e. The van der Waals surface area contributed by atoms with Gasteiger partial charge in [-0.1, -0.05) is 0 Å². The zero-order chi connectivity index (χ0) is 6.73. The third-order valence-corrected chi connectivity index (χ3v) is 1.22. The third-order valence-electron chi connectivity index (χ3n) is 0.405. The van der Waals surface area contributed by atoms with Crippen molar-refractivity contribution < 1.29 is 24.6 Å². The van der Waals surface area contributed by atoms with Gasteiger partial charge in [-0.3, -0.25) is 9.59 Å². The summed E-state index contributed by atoms with van der Waals surface area (Å²) in [5.41, 5.74) is -3.30. The molecule has 8 heavy (non-hydrogen) atoms. The van der Waals surface area contributed by atoms with Gasteiger partial charge >= 0.3 is 20.2 Å². The number of carbonyl (C=O) groups is 2. The molecule has 3 N–H and O–H groups in total. The first kappa shape index (κ1) is 7.12. The van der Waals surface area contributed by atoms with E-state index in [1.54, 1.807) is 0 Å². The standard InChI is InChI=1S/C2H3O5Si/c3-1(4)8(7)2(5)6/h7H,(H,3,4)(H,5,6). The van der Waals surface area contributed by atoms with Crippen LogP contribution in [-0.2, 0) is 0 Å². The molecule has 0 rings (SSSR count). The lowest BCUT2D eigenvalue weighted by atomic mass is 11.6. The molecule has 0 saturated carbocycles. The Hall–Kier alpha value is -0.883. The van der Waals surface area contributed by atoms with Crippen LogP contribution in [0.1, 0.15) is 0 Å². The van der Waals surface area contributed by atoms with E-state index in [0.29, 0.717) is 0 Å². The molecule has 1 radical (unpaired) electrons. The Morgan fingerprint density at radius 1 is 1.12 bits per heavy atom. The highest BCUT2D eigenvalue weighted by atomic mass is 28.3. The molecule has 0 aromatic heterocycles. The summed E-state index contributed by atoms with van der Waals surface area (Å²) in [6.45, 7) is 0. The molecule has 5 nitrogen and oxygen atoms in total. The van der Waals surface area contributed by atoms with Crippen LogP contribution in [0, 0.1) is 0 Å². The number of hydrogen-bond donors (Lipinski definition) is 3. The van der Waals surface area contributed by atoms with E-state index in [-0.39, 0.29) is 0 Å². The molecule has 6 heteroatoms. The second-order valence-electron chi connectivity index (χ2n) is 0.959. The number of hydrogen-bond acceptors (Lipinski definition) is 3. The minimum atomic E-state index is -3.19. The molecule has 0 fully saturated rings. The van der Waals surface area contributed by atoms with E-state index in [9.17, 15) is 9.59 Å². The maximum atomic E-state index is 9.56. The van der Waals surface area contributed by atoms with Crippen molar-refractivity contribution in [2.75, 3.05) is 0 Å². The summed E-state index contributed by atoms with van der Waals surface area (Å²) < 4.78 is 0. The highest BCUT2D eigenvalue weighted by molar-refractivity contribution is 7.03. The van der Waals surface area contributed by atoms with Crippen molar-refractivity contribution in [3.63, 3.8) is 0 Å². The van der Waals surface area contributed by atoms with Crippen LogP contribution >= 0.6 is 0 Å². The van der Waals surface area contributed by atoms with E-state index >= 15 is 0 Å². The maximum absolute atomic E-state index is 9.56. The molecule has 45 valence electrons. The third kappa shape index (κ3) is 1.71. The smallest absolute Gasteiger partial charge is 0.476 e. The summed E-state index contributed by atoms with van der Waals surface area (Å²) in [4.78, 5) is 27.2. The van der Waals surface area contributed by atoms with Crippen molar-refractivity contribution in [3.05, 3.63) is 0 Å². The van der Waals surface area contributed by atoms with Gasteiger partial charge in [0.15, 0.2) is 0 Å². The minimum Gasteiger partial charge on any atom is -0.483 e. The van der Waals surface area contributed by atoms with Gasteiger partial charge in [0.2, 0.25) is 0 Å². The molecule has 0 saturated heterocycles. The fourth-order valence-electron chi connectivity index (χ4n) is 0.0915. The first-order chi connectivity index (χ1) is 3.55. The highest BCUT2D eigenvalue weighted by Gasteiger charge is 2.28. The van der Waals surface area contributed by atoms with Crippen LogP contribution < -0.4 is 0 Å². The number of rotatable bonds is 2. The van der Waals surface area contributed by atoms with Crippen LogP contribution in [0.25, 0.3) is 0 Å². The van der Waals surface area contributed by atoms with E-state index in [1.807, 2.05) is 0 Å². The Balaban J connectivity index is 3.83. The zero-order valence-corrected chi connectivity index (χ0v) is 4.66. The lowest BCUT2D eigenvalue weighted by Crippen LogP contribution is -2.32. The summed E-state index contributed by atoms with van der Waals surface area (Å²) in [5, 5.41) is 15.5. The van der Waals surface area contributed by atoms with Crippen LogP contribution in [-0.4, -0.2) is 35.2 Å². The molecule has 0 aliphatic heterocycles. The van der Waals surface area contributed by atoms with Gasteiger partial charge in [0.1, 0.15) is 0 Å².